The smallest absolute Gasteiger partial charge is 0.333 e. The summed E-state index contributed by atoms with van der Waals surface area (Å²) < 4.78 is 4.85. The zero-order chi connectivity index (χ0) is 52.7. The first-order valence-corrected chi connectivity index (χ1v) is 27.3. The van der Waals surface area contributed by atoms with Crippen LogP contribution in [0.3, 0.4) is 0 Å². The molecule has 0 aliphatic carbocycles. The van der Waals surface area contributed by atoms with Gasteiger partial charge in [-0.15, -0.1) is 107 Å². The molecule has 3 aromatic heterocycles. The van der Waals surface area contributed by atoms with Gasteiger partial charge in [-0.1, -0.05) is 159 Å². The maximum Gasteiger partial charge on any atom is 3.00 e. The van der Waals surface area contributed by atoms with E-state index in [1.165, 1.54) is 55.9 Å². The summed E-state index contributed by atoms with van der Waals surface area (Å²) in [7, 11) is 0. The number of hydrogen-bond donors (Lipinski definition) is 0. The monoisotopic (exact) mass is 1180 g/mol. The minimum atomic E-state index is 0. The number of benzene rings is 8. The normalized spacial score (nSPS) is 11.4. The second-order valence-corrected chi connectivity index (χ2v) is 21.1. The summed E-state index contributed by atoms with van der Waals surface area (Å²) in [5.74, 6) is 3.35. The van der Waals surface area contributed by atoms with E-state index in [-0.39, 0.29) is 20.1 Å². The second-order valence-electron chi connectivity index (χ2n) is 21.1. The molecule has 0 fully saturated rings. The van der Waals surface area contributed by atoms with Gasteiger partial charge in [0.1, 0.15) is 0 Å². The molecule has 11 rings (SSSR count). The number of nitrogens with zero attached hydrogens (tertiary/aromatic N) is 5. The molecular weight excluding hydrogens is 1120 g/mol. The first-order valence-electron chi connectivity index (χ1n) is 27.3. The number of para-hydroxylation sites is 4. The number of aryl methyl sites for hydroxylation is 2. The van der Waals surface area contributed by atoms with E-state index in [4.69, 9.17) is 9.97 Å². The van der Waals surface area contributed by atoms with Crippen molar-refractivity contribution in [1.82, 2.24) is 24.1 Å². The van der Waals surface area contributed by atoms with Crippen LogP contribution in [-0.4, -0.2) is 24.1 Å². The molecule has 11 aromatic rings. The predicted octanol–water partition coefficient (Wildman–Crippen LogP) is 18.6. The van der Waals surface area contributed by atoms with Crippen molar-refractivity contribution in [2.75, 3.05) is 0 Å². The van der Waals surface area contributed by atoms with Crippen LogP contribution in [0.5, 0.6) is 0 Å². The summed E-state index contributed by atoms with van der Waals surface area (Å²) in [6.07, 6.45) is 5.79. The molecule has 5 nitrogen and oxygen atoms in total. The molecule has 0 radical (unpaired) electrons. The van der Waals surface area contributed by atoms with Crippen molar-refractivity contribution in [3.63, 3.8) is 0 Å². The number of hydrogen-bond acceptors (Lipinski definition) is 3. The first-order chi connectivity index (χ1) is 37.1. The number of imidazole rings is 2. The Balaban J connectivity index is 0.000000320. The van der Waals surface area contributed by atoms with Crippen LogP contribution in [0.4, 0.5) is 0 Å². The van der Waals surface area contributed by atoms with Crippen LogP contribution in [-0.2, 0) is 32.9 Å². The molecule has 8 aromatic carbocycles. The molecule has 6 heteroatoms. The zero-order valence-electron chi connectivity index (χ0n) is 45.7. The second kappa shape index (κ2) is 24.7. The van der Waals surface area contributed by atoms with E-state index < -0.39 is 0 Å². The Hall–Kier alpha value is -7.50. The van der Waals surface area contributed by atoms with Crippen LogP contribution in [0.1, 0.15) is 125 Å². The van der Waals surface area contributed by atoms with E-state index in [1.54, 1.807) is 6.20 Å². The Labute approximate surface area is 470 Å². The van der Waals surface area contributed by atoms with Crippen LogP contribution < -0.4 is 0 Å². The molecular formula is C71H68IrN5. The Kier molecular flexibility index (Phi) is 17.4. The van der Waals surface area contributed by atoms with Gasteiger partial charge in [-0.2, -0.15) is 0 Å². The minimum absolute atomic E-state index is 0. The third-order valence-electron chi connectivity index (χ3n) is 14.6. The van der Waals surface area contributed by atoms with E-state index in [1.807, 2.05) is 66.7 Å². The van der Waals surface area contributed by atoms with Crippen molar-refractivity contribution in [3.05, 3.63) is 246 Å². The van der Waals surface area contributed by atoms with E-state index in [0.717, 1.165) is 81.8 Å². The van der Waals surface area contributed by atoms with Gasteiger partial charge >= 0.3 is 20.1 Å². The summed E-state index contributed by atoms with van der Waals surface area (Å²) in [6, 6.07) is 76.2. The van der Waals surface area contributed by atoms with Gasteiger partial charge in [0.25, 0.3) is 0 Å². The van der Waals surface area contributed by atoms with E-state index in [0.29, 0.717) is 23.7 Å². The van der Waals surface area contributed by atoms with Gasteiger partial charge < -0.3 is 14.1 Å². The van der Waals surface area contributed by atoms with Crippen molar-refractivity contribution < 1.29 is 20.1 Å². The van der Waals surface area contributed by atoms with Crippen LogP contribution >= 0.6 is 0 Å². The quantitative estimate of drug-likeness (QED) is 0.0759. The molecule has 77 heavy (non-hydrogen) atoms. The summed E-state index contributed by atoms with van der Waals surface area (Å²) in [5.41, 5.74) is 21.3. The molecule has 0 saturated heterocycles. The summed E-state index contributed by atoms with van der Waals surface area (Å²) in [5, 5.41) is 0. The van der Waals surface area contributed by atoms with Gasteiger partial charge in [-0.05, 0) is 112 Å². The molecule has 0 aliphatic rings. The average Bonchev–Trinajstić information content (AvgIpc) is 4.12. The van der Waals surface area contributed by atoms with E-state index in [9.17, 15) is 0 Å². The molecule has 0 atom stereocenters. The van der Waals surface area contributed by atoms with Gasteiger partial charge in [-0.25, -0.2) is 0 Å². The van der Waals surface area contributed by atoms with E-state index in [2.05, 4.69) is 209 Å². The number of unbranched alkanes of at least 4 members (excludes halogenated alkanes) is 1. The maximum absolute atomic E-state index is 5.46. The van der Waals surface area contributed by atoms with Crippen LogP contribution in [0.2, 0.25) is 0 Å². The fourth-order valence-electron chi connectivity index (χ4n) is 10.7. The van der Waals surface area contributed by atoms with Crippen LogP contribution in [0.25, 0.3) is 78.6 Å². The number of aromatic nitrogens is 5. The van der Waals surface area contributed by atoms with Crippen molar-refractivity contribution in [3.8, 4) is 56.5 Å². The zero-order valence-corrected chi connectivity index (χ0v) is 48.1. The fourth-order valence-corrected chi connectivity index (χ4v) is 10.7. The van der Waals surface area contributed by atoms with Gasteiger partial charge in [-0.3, -0.25) is 9.97 Å². The number of rotatable bonds is 15. The molecule has 0 amide bonds. The largest absolute Gasteiger partial charge is 3.00 e. The summed E-state index contributed by atoms with van der Waals surface area (Å²) >= 11 is 0. The molecule has 3 heterocycles. The van der Waals surface area contributed by atoms with Gasteiger partial charge in [0, 0.05) is 17.6 Å². The van der Waals surface area contributed by atoms with Crippen molar-refractivity contribution in [2.45, 2.75) is 105 Å². The van der Waals surface area contributed by atoms with E-state index >= 15 is 0 Å². The SMILES string of the molecule is CC(C)c1cccc(C(C)C)c1-n1c(-c2[c-]cccc2)nc2c(CCCCc3cccc4c3nc(-c3[c-]cccc3)n4-c3c(C(C)C)cccc3C(C)C)cccc21.[Ir+3].[c-]1ccc(-c2ccccc2)cc1-c1ccccn1. The van der Waals surface area contributed by atoms with Gasteiger partial charge in [0.15, 0.2) is 0 Å². The summed E-state index contributed by atoms with van der Waals surface area (Å²) in [6.45, 7) is 18.3. The van der Waals surface area contributed by atoms with Crippen LogP contribution in [0, 0.1) is 18.2 Å². The Morgan fingerprint density at radius 1 is 0.403 bits per heavy atom. The first kappa shape index (κ1) is 54.3. The molecule has 0 unspecified atom stereocenters. The van der Waals surface area contributed by atoms with Gasteiger partial charge in [0.2, 0.25) is 0 Å². The fraction of sp³-hybridized carbons (Fsp3) is 0.225. The molecule has 386 valence electrons. The van der Waals surface area contributed by atoms with Crippen LogP contribution in [0.15, 0.2) is 194 Å². The molecule has 0 N–H and O–H groups in total. The standard InChI is InChI=1S/C54H56N4.C17H12N.Ir/c1-35(2)43-29-19-30-44(36(3)4)51(43)57-47-33-17-27-39(49(47)55-53(57)41-23-11-9-12-24-41)21-15-16-22-40-28-18-34-48-50(40)56-54(42-25-13-10-14-26-42)58(48)52-45(37(5)6)31-20-32-46(52)38(7)8;1-2-7-14(8-3-1)15-9-6-10-16(13-15)17-11-4-5-12-18-17;/h9-14,17-20,23,25,27-38H,15-16,21-22H2,1-8H3;1-9,11-13H;/q-2;-1;+3. The topological polar surface area (TPSA) is 48.5 Å². The molecule has 0 saturated carbocycles. The predicted molar refractivity (Wildman–Crippen MR) is 318 cm³/mol. The molecule has 0 aliphatic heterocycles. The number of pyridine rings is 1. The molecule has 0 spiro atoms. The number of fused-ring (bicyclic) bond motifs is 2. The Morgan fingerprint density at radius 2 is 0.844 bits per heavy atom. The van der Waals surface area contributed by atoms with Crippen molar-refractivity contribution in [2.24, 2.45) is 0 Å². The average molecular weight is 1180 g/mol. The third-order valence-corrected chi connectivity index (χ3v) is 14.6. The van der Waals surface area contributed by atoms with Gasteiger partial charge in [0.05, 0.1) is 33.7 Å². The minimum Gasteiger partial charge on any atom is -0.333 e. The third kappa shape index (κ3) is 11.6. The maximum atomic E-state index is 5.46. The summed E-state index contributed by atoms with van der Waals surface area (Å²) in [4.78, 5) is 15.3. The Bertz CT molecular complexity index is 3410. The van der Waals surface area contributed by atoms with Crippen molar-refractivity contribution in [1.29, 1.82) is 0 Å². The Morgan fingerprint density at radius 3 is 1.27 bits per heavy atom. The van der Waals surface area contributed by atoms with Crippen molar-refractivity contribution >= 4 is 22.1 Å². The molecule has 0 bridgehead atoms.